The minimum absolute atomic E-state index is 0. The molecule has 0 aliphatic rings. The summed E-state index contributed by atoms with van der Waals surface area (Å²) in [4.78, 5) is 46.4. The Morgan fingerprint density at radius 3 is 1.24 bits per heavy atom. The first-order valence-electron chi connectivity index (χ1n) is 34.7. The molecular formula is C79H88BCl2N4NaO7. The van der Waals surface area contributed by atoms with Crippen molar-refractivity contribution in [3.05, 3.63) is 298 Å². The molecule has 0 saturated carbocycles. The number of esters is 2. The van der Waals surface area contributed by atoms with Gasteiger partial charge in [-0.25, -0.2) is 14.9 Å². The molecule has 94 heavy (non-hydrogen) atoms. The normalized spacial score (nSPS) is 13.8. The maximum absolute atomic E-state index is 12.4. The van der Waals surface area contributed by atoms with E-state index in [4.69, 9.17) is 48.4 Å². The van der Waals surface area contributed by atoms with Gasteiger partial charge in [-0.2, -0.15) is 10.2 Å². The summed E-state index contributed by atoms with van der Waals surface area (Å²) in [5.74, 6) is -1.80. The SMILES string of the molecule is C.C.C.C.C.CC(=O)c1ccc(-c2ccccc2)cc1.COC(=O)c1ccc(Cl)c2cn[nH]c12.[2H]C([2H])([2H])C(=O)c1ccc(-c2ccccc2)cc1.[2H]C([2H])([2H])C([2H])(O)c1ccc(-c2ccccc2)cc1.[2H]C([2H])([2H])C([2H])(c1ccc(-c2ccccc2)cc1)n1ncc2c(Cl)ccc(C(=O)OC)c21.[2H][B-]([2H])([2H])[2H].[Na+]. The number of ether oxygens (including phenoxy) is 2. The average Bonchev–Trinajstić information content (AvgIpc) is 1.62. The quantitative estimate of drug-likeness (QED) is 0.0732. The van der Waals surface area contributed by atoms with E-state index in [1.54, 1.807) is 85.9 Å². The van der Waals surface area contributed by atoms with Crippen molar-refractivity contribution in [2.75, 3.05) is 14.2 Å². The van der Waals surface area contributed by atoms with Crippen LogP contribution in [0.3, 0.4) is 0 Å². The van der Waals surface area contributed by atoms with E-state index < -0.39 is 58.6 Å². The van der Waals surface area contributed by atoms with Crippen molar-refractivity contribution in [1.29, 1.82) is 5.34 Å². The fourth-order valence-corrected chi connectivity index (χ4v) is 9.24. The topological polar surface area (TPSA) is 153 Å². The summed E-state index contributed by atoms with van der Waals surface area (Å²) in [7, 11) is -0.442. The fraction of sp³-hybridized carbons (Fsp3) is 0.165. The Labute approximate surface area is 610 Å². The van der Waals surface area contributed by atoms with Crippen LogP contribution in [-0.4, -0.2) is 76.4 Å². The summed E-state index contributed by atoms with van der Waals surface area (Å²) in [6.07, 6.45) is 0.351. The molecule has 2 N–H and O–H groups in total. The molecule has 12 aromatic rings. The molecule has 484 valence electrons. The first-order chi connectivity index (χ1) is 48.5. The zero-order valence-corrected chi connectivity index (χ0v) is 52.3. The van der Waals surface area contributed by atoms with Gasteiger partial charge >= 0.3 is 41.5 Å². The zero-order valence-electron chi connectivity index (χ0n) is 63.8. The fourth-order valence-electron chi connectivity index (χ4n) is 8.83. The number of fused-ring (bicyclic) bond motifs is 2. The minimum Gasteiger partial charge on any atom is -0.465 e. The molecule has 0 aliphatic heterocycles. The molecule has 11 nitrogen and oxygen atoms in total. The standard InChI is InChI=1S/C23H19ClN2O2.C14H14O.2C14H12O.C9H7ClN2O2.5CH4.BH4.Na/c1-15(16-8-10-18(11-9-16)17-6-4-3-5-7-17)26-22-19(23(27)28-2)12-13-21(24)20(22)14-25-26;3*1-11(15)12-7-9-14(10-8-12)13-5-3-2-4-6-13;1-14-9(13)5-2-3-7(10)6-4-11-12-8(5)6;;;;;;;/h3-15H,1-2H3;2-11,15H,1H3;2*2-10H,1H3;2-4H,1H3,(H,11,12);6*1H4;/q;;;;;;;;;;-1;+1/i1D3,15D;1D3,11D;1D3;;;;;;;;1D4;. The number of hydrogen-bond donors (Lipinski definition) is 2. The number of benzene rings is 10. The van der Waals surface area contributed by atoms with Crippen LogP contribution in [0, 0.1) is 0 Å². The number of methoxy groups -OCH3 is 2. The third-order valence-electron chi connectivity index (χ3n) is 13.4. The number of carbonyl (C=O) groups excluding carboxylic acids is 4. The minimum atomic E-state index is -3.00. The molecule has 0 spiro atoms. The molecule has 2 atom stereocenters. The van der Waals surface area contributed by atoms with Crippen LogP contribution in [0.4, 0.5) is 0 Å². The predicted molar refractivity (Wildman–Crippen MR) is 395 cm³/mol. The van der Waals surface area contributed by atoms with E-state index in [0.717, 1.165) is 54.6 Å². The molecule has 0 aliphatic carbocycles. The first kappa shape index (κ1) is 60.0. The van der Waals surface area contributed by atoms with Crippen LogP contribution < -0.4 is 29.6 Å². The molecule has 0 radical (unpaired) electrons. The number of hydrogen-bond acceptors (Lipinski definition) is 9. The summed E-state index contributed by atoms with van der Waals surface area (Å²) < 4.78 is 119. The van der Waals surface area contributed by atoms with Crippen molar-refractivity contribution in [3.63, 3.8) is 0 Å². The number of Topliss-reactive ketones (excluding diaryl/α,β-unsaturated/α-hetero) is 2. The second-order valence-corrected chi connectivity index (χ2v) is 19.8. The second-order valence-electron chi connectivity index (χ2n) is 19.0. The smallest absolute Gasteiger partial charge is 0.465 e. The maximum atomic E-state index is 12.4. The number of rotatable bonds is 11. The van der Waals surface area contributed by atoms with Crippen molar-refractivity contribution in [2.45, 2.75) is 76.7 Å². The average molecular weight is 1330 g/mol. The van der Waals surface area contributed by atoms with Gasteiger partial charge in [-0.05, 0) is 107 Å². The van der Waals surface area contributed by atoms with Crippen LogP contribution in [-0.2, 0) is 9.47 Å². The van der Waals surface area contributed by atoms with Gasteiger partial charge in [-0.15, -0.1) is 0 Å². The van der Waals surface area contributed by atoms with Crippen LogP contribution >= 0.6 is 23.2 Å². The largest absolute Gasteiger partial charge is 1.00 e. The first-order valence-corrected chi connectivity index (χ1v) is 27.6. The van der Waals surface area contributed by atoms with Crippen molar-refractivity contribution < 1.29 is 78.4 Å². The molecule has 0 amide bonds. The van der Waals surface area contributed by atoms with Gasteiger partial charge in [0.05, 0.1) is 73.7 Å². The number of aromatic nitrogens is 4. The molecule has 2 unspecified atom stereocenters. The molecule has 2 heterocycles. The number of halogens is 2. The molecule has 0 saturated heterocycles. The summed E-state index contributed by atoms with van der Waals surface area (Å²) in [6, 6.07) is 70.3. The second kappa shape index (κ2) is 40.9. The number of H-pyrrole nitrogens is 1. The van der Waals surface area contributed by atoms with Crippen molar-refractivity contribution in [2.24, 2.45) is 0 Å². The Morgan fingerprint density at radius 2 is 0.862 bits per heavy atom. The Kier molecular flexibility index (Phi) is 26.1. The zero-order chi connectivity index (χ0) is 75.7. The number of nitrogens with zero attached hydrogens (tertiary/aromatic N) is 3. The summed E-state index contributed by atoms with van der Waals surface area (Å²) in [6.45, 7) is -6.59. The molecule has 12 rings (SSSR count). The summed E-state index contributed by atoms with van der Waals surface area (Å²) >= 11 is 12.2. The number of carbonyl (C=O) groups is 4. The Bertz CT molecular complexity index is 4810. The third-order valence-corrected chi connectivity index (χ3v) is 14.1. The number of aliphatic hydroxyl groups is 1. The van der Waals surface area contributed by atoms with Gasteiger partial charge < -0.3 is 14.6 Å². The van der Waals surface area contributed by atoms with Gasteiger partial charge in [0, 0.05) is 34.2 Å². The molecule has 10 aromatic carbocycles. The van der Waals surface area contributed by atoms with Crippen LogP contribution in [0.2, 0.25) is 10.0 Å². The van der Waals surface area contributed by atoms with Crippen LogP contribution in [0.25, 0.3) is 66.3 Å². The van der Waals surface area contributed by atoms with Gasteiger partial charge in [0.15, 0.2) is 11.6 Å². The molecular weight excluding hydrogens is 1220 g/mol. The van der Waals surface area contributed by atoms with E-state index in [2.05, 4.69) is 32.2 Å². The van der Waals surface area contributed by atoms with Gasteiger partial charge in [-0.3, -0.25) is 19.4 Å². The van der Waals surface area contributed by atoms with Gasteiger partial charge in [0.2, 0.25) is 0 Å². The van der Waals surface area contributed by atoms with E-state index in [0.29, 0.717) is 21.5 Å². The van der Waals surface area contributed by atoms with Crippen molar-refractivity contribution in [1.82, 2.24) is 20.0 Å². The van der Waals surface area contributed by atoms with Gasteiger partial charge in [0.1, 0.15) is 0 Å². The molecule has 0 fully saturated rings. The molecule has 15 heteroatoms. The Balaban J connectivity index is 0.000000682. The van der Waals surface area contributed by atoms with Crippen LogP contribution in [0.1, 0.15) is 144 Å². The number of aromatic amines is 1. The Morgan fingerprint density at radius 1 is 0.500 bits per heavy atom. The summed E-state index contributed by atoms with van der Waals surface area (Å²) in [5.41, 5.74) is 10.5. The van der Waals surface area contributed by atoms with Gasteiger partial charge in [0.25, 0.3) is 0 Å². The predicted octanol–water partition coefficient (Wildman–Crippen LogP) is 17.0. The monoisotopic (exact) mass is 1320 g/mol. The Hall–Kier alpha value is -8.98. The van der Waals surface area contributed by atoms with Crippen LogP contribution in [0.15, 0.2) is 255 Å². The molecule has 0 bridgehead atoms. The van der Waals surface area contributed by atoms with Crippen molar-refractivity contribution in [3.8, 4) is 44.5 Å². The molecule has 2 aromatic heterocycles. The number of ketones is 2. The van der Waals surface area contributed by atoms with Crippen LogP contribution in [0.5, 0.6) is 0 Å². The van der Waals surface area contributed by atoms with E-state index >= 15 is 0 Å². The third kappa shape index (κ3) is 21.8. The van der Waals surface area contributed by atoms with E-state index in [1.165, 1.54) is 50.2 Å². The summed E-state index contributed by atoms with van der Waals surface area (Å²) in [5, 5.41) is 22.4. The van der Waals surface area contributed by atoms with E-state index in [9.17, 15) is 24.3 Å². The van der Waals surface area contributed by atoms with Gasteiger partial charge in [-0.1, -0.05) is 287 Å². The number of nitrogens with one attached hydrogen (secondary N) is 1. The van der Waals surface area contributed by atoms with Crippen molar-refractivity contribution >= 4 is 76.8 Å². The van der Waals surface area contributed by atoms with E-state index in [-0.39, 0.29) is 105 Å². The maximum Gasteiger partial charge on any atom is 1.00 e. The van der Waals surface area contributed by atoms with E-state index in [1.807, 2.05) is 133 Å².